The molecule has 8 heteroatoms. The zero-order valence-corrected chi connectivity index (χ0v) is 16.3. The van der Waals surface area contributed by atoms with Gasteiger partial charge in [-0.3, -0.25) is 0 Å². The molecule has 27 heavy (non-hydrogen) atoms. The molecular weight excluding hydrogens is 391 g/mol. The Morgan fingerprint density at radius 2 is 1.74 bits per heavy atom. The molecule has 3 aromatic rings. The second-order valence-corrected chi connectivity index (χ2v) is 8.69. The zero-order valence-electron chi connectivity index (χ0n) is 14.7. The predicted octanol–water partition coefficient (Wildman–Crippen LogP) is 5.03. The minimum Gasteiger partial charge on any atom is -0.419 e. The van der Waals surface area contributed by atoms with E-state index >= 15 is 0 Å². The third kappa shape index (κ3) is 4.31. The van der Waals surface area contributed by atoms with Gasteiger partial charge in [0.2, 0.25) is 26.6 Å². The molecule has 3 rings (SSSR count). The van der Waals surface area contributed by atoms with Crippen LogP contribution in [0.4, 0.5) is 10.3 Å². The maximum Gasteiger partial charge on any atom is 0.233 e. The molecule has 0 aliphatic rings. The highest BCUT2D eigenvalue weighted by Gasteiger charge is 2.28. The average Bonchev–Trinajstić information content (AvgIpc) is 3.06. The summed E-state index contributed by atoms with van der Waals surface area (Å²) in [6, 6.07) is 11.3. The molecule has 0 fully saturated rings. The molecule has 0 atom stereocenters. The summed E-state index contributed by atoms with van der Waals surface area (Å²) in [6.07, 6.45) is 0. The van der Waals surface area contributed by atoms with Gasteiger partial charge in [-0.05, 0) is 54.4 Å². The molecule has 5 nitrogen and oxygen atoms in total. The van der Waals surface area contributed by atoms with Crippen LogP contribution in [0.5, 0.6) is 0 Å². The first kappa shape index (κ1) is 19.4. The Kier molecular flexibility index (Phi) is 5.53. The van der Waals surface area contributed by atoms with Crippen LogP contribution in [0.2, 0.25) is 5.02 Å². The zero-order chi connectivity index (χ0) is 19.6. The number of anilines is 1. The molecule has 0 aliphatic carbocycles. The summed E-state index contributed by atoms with van der Waals surface area (Å²) in [5.74, 6) is -0.0545. The van der Waals surface area contributed by atoms with Crippen LogP contribution in [0.15, 0.2) is 62.9 Å². The molecule has 0 bridgehead atoms. The highest BCUT2D eigenvalue weighted by molar-refractivity contribution is 7.91. The smallest absolute Gasteiger partial charge is 0.233 e. The molecule has 0 saturated carbocycles. The normalized spacial score (nSPS) is 11.7. The number of nitrogens with zero attached hydrogens (tertiary/aromatic N) is 1. The minimum absolute atomic E-state index is 0.0537. The number of oxazole rings is 1. The Morgan fingerprint density at radius 3 is 2.33 bits per heavy atom. The summed E-state index contributed by atoms with van der Waals surface area (Å²) in [4.78, 5) is 4.14. The molecule has 142 valence electrons. The van der Waals surface area contributed by atoms with Crippen LogP contribution < -0.4 is 5.32 Å². The predicted molar refractivity (Wildman–Crippen MR) is 102 cm³/mol. The molecule has 0 unspecified atom stereocenters. The van der Waals surface area contributed by atoms with E-state index in [1.807, 2.05) is 13.8 Å². The molecule has 1 heterocycles. The number of rotatable bonds is 6. The van der Waals surface area contributed by atoms with E-state index in [-0.39, 0.29) is 27.6 Å². The second kappa shape index (κ2) is 7.70. The van der Waals surface area contributed by atoms with Gasteiger partial charge in [0.05, 0.1) is 4.90 Å². The Bertz CT molecular complexity index is 1030. The highest BCUT2D eigenvalue weighted by atomic mass is 35.5. The number of benzene rings is 2. The highest BCUT2D eigenvalue weighted by Crippen LogP contribution is 2.33. The first-order valence-corrected chi connectivity index (χ1v) is 10.1. The van der Waals surface area contributed by atoms with Gasteiger partial charge in [0.1, 0.15) is 5.82 Å². The van der Waals surface area contributed by atoms with Crippen molar-refractivity contribution in [2.75, 3.05) is 11.9 Å². The number of nitrogens with one attached hydrogen (secondary N) is 1. The third-order valence-electron chi connectivity index (χ3n) is 3.74. The van der Waals surface area contributed by atoms with Crippen LogP contribution in [0, 0.1) is 11.7 Å². The number of sulfone groups is 1. The van der Waals surface area contributed by atoms with Crippen molar-refractivity contribution in [2.24, 2.45) is 5.92 Å². The number of hydrogen-bond acceptors (Lipinski definition) is 5. The van der Waals surface area contributed by atoms with Crippen LogP contribution in [-0.4, -0.2) is 19.9 Å². The summed E-state index contributed by atoms with van der Waals surface area (Å²) in [5, 5.41) is 3.30. The van der Waals surface area contributed by atoms with Crippen molar-refractivity contribution in [3.8, 4) is 11.5 Å². The topological polar surface area (TPSA) is 72.2 Å². The van der Waals surface area contributed by atoms with Gasteiger partial charge in [-0.15, -0.1) is 0 Å². The molecule has 1 N–H and O–H groups in total. The van der Waals surface area contributed by atoms with Crippen molar-refractivity contribution in [3.63, 3.8) is 0 Å². The van der Waals surface area contributed by atoms with E-state index in [4.69, 9.17) is 16.0 Å². The van der Waals surface area contributed by atoms with Gasteiger partial charge >= 0.3 is 0 Å². The van der Waals surface area contributed by atoms with E-state index < -0.39 is 15.7 Å². The largest absolute Gasteiger partial charge is 0.419 e. The fraction of sp³-hybridized carbons (Fsp3) is 0.211. The summed E-state index contributed by atoms with van der Waals surface area (Å²) >= 11 is 5.90. The molecule has 0 radical (unpaired) electrons. The second-order valence-electron chi connectivity index (χ2n) is 6.39. The number of halogens is 2. The summed E-state index contributed by atoms with van der Waals surface area (Å²) in [5.41, 5.74) is 0.590. The molecule has 0 amide bonds. The lowest BCUT2D eigenvalue weighted by atomic mass is 10.2. The molecule has 0 saturated heterocycles. The van der Waals surface area contributed by atoms with E-state index in [9.17, 15) is 12.8 Å². The van der Waals surface area contributed by atoms with Crippen molar-refractivity contribution in [2.45, 2.75) is 23.8 Å². The van der Waals surface area contributed by atoms with Crippen molar-refractivity contribution >= 4 is 27.3 Å². The Labute approximate surface area is 162 Å². The monoisotopic (exact) mass is 408 g/mol. The van der Waals surface area contributed by atoms with E-state index in [2.05, 4.69) is 10.3 Å². The van der Waals surface area contributed by atoms with Crippen molar-refractivity contribution in [1.29, 1.82) is 0 Å². The van der Waals surface area contributed by atoms with Crippen molar-refractivity contribution in [3.05, 3.63) is 59.4 Å². The Morgan fingerprint density at radius 1 is 1.11 bits per heavy atom. The van der Waals surface area contributed by atoms with E-state index in [1.165, 1.54) is 12.1 Å². The van der Waals surface area contributed by atoms with Crippen LogP contribution in [-0.2, 0) is 9.84 Å². The standard InChI is InChI=1S/C19H18ClFN2O3S/c1-12(2)11-22-18-19(27(24,25)16-9-7-15(21)8-10-16)23-17(26-18)13-3-5-14(20)6-4-13/h3-10,12,22H,11H2,1-2H3. The first-order valence-electron chi connectivity index (χ1n) is 8.28. The summed E-state index contributed by atoms with van der Waals surface area (Å²) < 4.78 is 44.9. The third-order valence-corrected chi connectivity index (χ3v) is 5.67. The van der Waals surface area contributed by atoms with Crippen LogP contribution in [0.1, 0.15) is 13.8 Å². The number of aromatic nitrogens is 1. The summed E-state index contributed by atoms with van der Waals surface area (Å²) in [6.45, 7) is 4.47. The fourth-order valence-corrected chi connectivity index (χ4v) is 3.74. The number of hydrogen-bond donors (Lipinski definition) is 1. The maximum atomic E-state index is 13.2. The van der Waals surface area contributed by atoms with Crippen LogP contribution in [0.3, 0.4) is 0 Å². The Hall–Kier alpha value is -2.38. The van der Waals surface area contributed by atoms with Crippen molar-refractivity contribution < 1.29 is 17.2 Å². The van der Waals surface area contributed by atoms with Gasteiger partial charge in [0.25, 0.3) is 0 Å². The van der Waals surface area contributed by atoms with Gasteiger partial charge in [-0.25, -0.2) is 12.8 Å². The van der Waals surface area contributed by atoms with Crippen molar-refractivity contribution in [1.82, 2.24) is 4.98 Å². The molecule has 0 spiro atoms. The molecule has 2 aromatic carbocycles. The SMILES string of the molecule is CC(C)CNc1oc(-c2ccc(Cl)cc2)nc1S(=O)(=O)c1ccc(F)cc1. The molecule has 0 aliphatic heterocycles. The quantitative estimate of drug-likeness (QED) is 0.579. The van der Waals surface area contributed by atoms with Gasteiger partial charge in [-0.1, -0.05) is 25.4 Å². The van der Waals surface area contributed by atoms with Crippen LogP contribution in [0.25, 0.3) is 11.5 Å². The molecule has 1 aromatic heterocycles. The first-order chi connectivity index (χ1) is 12.8. The van der Waals surface area contributed by atoms with Gasteiger partial charge in [0, 0.05) is 17.1 Å². The lowest BCUT2D eigenvalue weighted by Crippen LogP contribution is -2.11. The van der Waals surface area contributed by atoms with E-state index in [0.29, 0.717) is 17.1 Å². The summed E-state index contributed by atoms with van der Waals surface area (Å²) in [7, 11) is -3.99. The maximum absolute atomic E-state index is 13.2. The van der Waals surface area contributed by atoms with Gasteiger partial charge < -0.3 is 9.73 Å². The minimum atomic E-state index is -3.99. The van der Waals surface area contributed by atoms with Gasteiger partial charge in [0.15, 0.2) is 0 Å². The lowest BCUT2D eigenvalue weighted by Gasteiger charge is -2.08. The fourth-order valence-electron chi connectivity index (χ4n) is 2.34. The van der Waals surface area contributed by atoms with Crippen LogP contribution >= 0.6 is 11.6 Å². The van der Waals surface area contributed by atoms with E-state index in [1.54, 1.807) is 24.3 Å². The average molecular weight is 409 g/mol. The lowest BCUT2D eigenvalue weighted by molar-refractivity contribution is 0.567. The van der Waals surface area contributed by atoms with E-state index in [0.717, 1.165) is 12.1 Å². The van der Waals surface area contributed by atoms with Gasteiger partial charge in [-0.2, -0.15) is 4.98 Å². The Balaban J connectivity index is 2.08. The molecular formula is C19H18ClFN2O3S.